The molecule has 28 heavy (non-hydrogen) atoms. The molecule has 4 heterocycles. The summed E-state index contributed by atoms with van der Waals surface area (Å²) in [6.45, 7) is 0.448. The van der Waals surface area contributed by atoms with Crippen molar-refractivity contribution in [2.75, 3.05) is 18.9 Å². The van der Waals surface area contributed by atoms with E-state index in [1.54, 1.807) is 6.07 Å². The minimum absolute atomic E-state index is 0.192. The van der Waals surface area contributed by atoms with Crippen LogP contribution in [0.1, 0.15) is 18.5 Å². The average Bonchev–Trinajstić information content (AvgIpc) is 3.42. The molecule has 0 aromatic carbocycles. The minimum atomic E-state index is -1.91. The van der Waals surface area contributed by atoms with Gasteiger partial charge in [0.15, 0.2) is 5.82 Å². The van der Waals surface area contributed by atoms with E-state index in [0.29, 0.717) is 11.9 Å². The van der Waals surface area contributed by atoms with Gasteiger partial charge in [-0.05, 0) is 31.5 Å². The van der Waals surface area contributed by atoms with Crippen molar-refractivity contribution in [3.8, 4) is 6.07 Å². The molecule has 148 valence electrons. The van der Waals surface area contributed by atoms with Gasteiger partial charge < -0.3 is 30.7 Å². The van der Waals surface area contributed by atoms with Crippen LogP contribution in [0.2, 0.25) is 0 Å². The minimum Gasteiger partial charge on any atom is -0.462 e. The fraction of sp³-hybridized carbons (Fsp3) is 0.529. The number of hydrogen-bond acceptors (Lipinski definition) is 10. The van der Waals surface area contributed by atoms with E-state index in [9.17, 15) is 20.3 Å². The fourth-order valence-corrected chi connectivity index (χ4v) is 3.70. The molecule has 0 radical (unpaired) electrons. The topological polar surface area (TPSA) is 168 Å². The third-order valence-electron chi connectivity index (χ3n) is 5.22. The van der Waals surface area contributed by atoms with Crippen LogP contribution in [-0.2, 0) is 19.9 Å². The maximum atomic E-state index is 12.1. The van der Waals surface area contributed by atoms with Crippen molar-refractivity contribution in [2.24, 2.45) is 0 Å². The number of fused-ring (bicyclic) bond motifs is 1. The molecule has 2 aromatic rings. The molecule has 0 amide bonds. The van der Waals surface area contributed by atoms with Gasteiger partial charge in [-0.1, -0.05) is 0 Å². The Morgan fingerprint density at radius 3 is 3.07 bits per heavy atom. The van der Waals surface area contributed by atoms with Crippen molar-refractivity contribution in [1.29, 1.82) is 5.26 Å². The van der Waals surface area contributed by atoms with E-state index in [2.05, 4.69) is 15.4 Å². The Morgan fingerprint density at radius 2 is 2.36 bits per heavy atom. The van der Waals surface area contributed by atoms with E-state index >= 15 is 0 Å². The summed E-state index contributed by atoms with van der Waals surface area (Å²) in [5, 5.41) is 37.9. The maximum Gasteiger partial charge on any atom is 0.323 e. The number of aliphatic hydroxyl groups excluding tert-OH is 2. The van der Waals surface area contributed by atoms with Gasteiger partial charge in [-0.15, -0.1) is 0 Å². The number of carbonyl (C=O) groups is 1. The second-order valence-electron chi connectivity index (χ2n) is 6.88. The molecule has 2 fully saturated rings. The molecule has 0 spiro atoms. The molecule has 5 N–H and O–H groups in total. The molecule has 0 unspecified atom stereocenters. The van der Waals surface area contributed by atoms with Gasteiger partial charge in [-0.3, -0.25) is 4.79 Å². The molecule has 11 nitrogen and oxygen atoms in total. The Morgan fingerprint density at radius 1 is 1.54 bits per heavy atom. The highest BCUT2D eigenvalue weighted by atomic mass is 16.6. The van der Waals surface area contributed by atoms with Crippen molar-refractivity contribution in [3.63, 3.8) is 0 Å². The zero-order valence-electron chi connectivity index (χ0n) is 14.9. The quantitative estimate of drug-likeness (QED) is 0.450. The monoisotopic (exact) mass is 388 g/mol. The summed E-state index contributed by atoms with van der Waals surface area (Å²) in [5.41, 5.74) is 4.53. The zero-order valence-corrected chi connectivity index (χ0v) is 14.9. The normalized spacial score (nSPS) is 32.5. The number of ether oxygens (including phenoxy) is 2. The average molecular weight is 388 g/mol. The summed E-state index contributed by atoms with van der Waals surface area (Å²) in [4.78, 5) is 16.0. The molecule has 0 saturated carbocycles. The number of carbonyl (C=O) groups excluding carboxylic acids is 1. The Labute approximate surface area is 159 Å². The fourth-order valence-electron chi connectivity index (χ4n) is 3.70. The molecule has 2 aromatic heterocycles. The van der Waals surface area contributed by atoms with Gasteiger partial charge in [-0.2, -0.15) is 10.4 Å². The van der Waals surface area contributed by atoms with E-state index < -0.39 is 35.9 Å². The summed E-state index contributed by atoms with van der Waals surface area (Å²) in [5.74, 6) is -0.261. The number of rotatable bonds is 4. The molecule has 0 bridgehead atoms. The van der Waals surface area contributed by atoms with Crippen LogP contribution in [0.25, 0.3) is 5.52 Å². The van der Waals surface area contributed by atoms with Gasteiger partial charge in [0.05, 0.1) is 5.69 Å². The molecule has 5 atom stereocenters. The van der Waals surface area contributed by atoms with Crippen molar-refractivity contribution in [2.45, 2.75) is 42.8 Å². The van der Waals surface area contributed by atoms with Crippen LogP contribution in [0.4, 0.5) is 5.82 Å². The molecule has 11 heteroatoms. The SMILES string of the molecule is N#C[C@@]1(c2ccc3c(N)ncnn23)O[C@H](COC(=O)[C@@H]2CCCN2)[C@@H](O)[C@H]1O. The molecule has 4 rings (SSSR count). The number of nitriles is 1. The Kier molecular flexibility index (Phi) is 4.64. The van der Waals surface area contributed by atoms with E-state index in [1.807, 2.05) is 6.07 Å². The summed E-state index contributed by atoms with van der Waals surface area (Å²) < 4.78 is 12.3. The molecule has 0 aliphatic carbocycles. The molecular weight excluding hydrogens is 368 g/mol. The first-order valence-corrected chi connectivity index (χ1v) is 8.92. The number of esters is 1. The summed E-state index contributed by atoms with van der Waals surface area (Å²) >= 11 is 0. The first-order valence-electron chi connectivity index (χ1n) is 8.92. The van der Waals surface area contributed by atoms with Gasteiger partial charge in [0.2, 0.25) is 5.60 Å². The van der Waals surface area contributed by atoms with Crippen LogP contribution < -0.4 is 11.1 Å². The predicted octanol–water partition coefficient (Wildman–Crippen LogP) is -1.55. The highest BCUT2D eigenvalue weighted by Gasteiger charge is 2.57. The lowest BCUT2D eigenvalue weighted by Gasteiger charge is -2.24. The lowest BCUT2D eigenvalue weighted by Crippen LogP contribution is -2.41. The van der Waals surface area contributed by atoms with Crippen molar-refractivity contribution in [3.05, 3.63) is 24.2 Å². The Balaban J connectivity index is 1.58. The highest BCUT2D eigenvalue weighted by molar-refractivity contribution is 5.76. The van der Waals surface area contributed by atoms with E-state index in [1.165, 1.54) is 16.9 Å². The first kappa shape index (κ1) is 18.6. The Hall–Kier alpha value is -2.78. The van der Waals surface area contributed by atoms with Crippen LogP contribution in [0.5, 0.6) is 0 Å². The van der Waals surface area contributed by atoms with Gasteiger partial charge in [-0.25, -0.2) is 9.50 Å². The number of aliphatic hydroxyl groups is 2. The number of anilines is 1. The van der Waals surface area contributed by atoms with Crippen LogP contribution >= 0.6 is 0 Å². The standard InChI is InChI=1S/C17H20N6O5/c18-7-17(12-4-3-10-15(19)21-8-22-23(10)12)14(25)13(24)11(28-17)6-27-16(26)9-2-1-5-20-9/h3-4,8-9,11,13-14,20,24-25H,1-2,5-6H2,(H2,19,21,22)/t9-,11+,13+,14+,17-/m0/s1. The molecule has 2 aliphatic heterocycles. The summed E-state index contributed by atoms with van der Waals surface area (Å²) in [7, 11) is 0. The molecular formula is C17H20N6O5. The number of nitrogens with two attached hydrogens (primary N) is 1. The van der Waals surface area contributed by atoms with E-state index in [0.717, 1.165) is 13.0 Å². The zero-order chi connectivity index (χ0) is 19.9. The first-order chi connectivity index (χ1) is 13.5. The van der Waals surface area contributed by atoms with Gasteiger partial charge >= 0.3 is 5.97 Å². The highest BCUT2D eigenvalue weighted by Crippen LogP contribution is 2.40. The lowest BCUT2D eigenvalue weighted by atomic mass is 9.92. The van der Waals surface area contributed by atoms with E-state index in [4.69, 9.17) is 15.2 Å². The van der Waals surface area contributed by atoms with Crippen molar-refractivity contribution >= 4 is 17.3 Å². The van der Waals surface area contributed by atoms with Gasteiger partial charge in [0.1, 0.15) is 48.9 Å². The molecule has 2 saturated heterocycles. The molecule has 2 aliphatic rings. The van der Waals surface area contributed by atoms with Crippen LogP contribution in [-0.4, -0.2) is 68.3 Å². The second kappa shape index (κ2) is 6.99. The largest absolute Gasteiger partial charge is 0.462 e. The van der Waals surface area contributed by atoms with Crippen LogP contribution in [0.3, 0.4) is 0 Å². The lowest BCUT2D eigenvalue weighted by molar-refractivity contribution is -0.152. The smallest absolute Gasteiger partial charge is 0.323 e. The number of nitrogen functional groups attached to an aromatic ring is 1. The van der Waals surface area contributed by atoms with Crippen molar-refractivity contribution in [1.82, 2.24) is 19.9 Å². The van der Waals surface area contributed by atoms with Crippen LogP contribution in [0, 0.1) is 11.3 Å². The number of nitrogens with zero attached hydrogens (tertiary/aromatic N) is 4. The maximum absolute atomic E-state index is 12.1. The third-order valence-corrected chi connectivity index (χ3v) is 5.22. The van der Waals surface area contributed by atoms with E-state index in [-0.39, 0.29) is 18.1 Å². The van der Waals surface area contributed by atoms with Gasteiger partial charge in [0.25, 0.3) is 0 Å². The third kappa shape index (κ3) is 2.78. The predicted molar refractivity (Wildman–Crippen MR) is 93.6 cm³/mol. The number of aromatic nitrogens is 3. The van der Waals surface area contributed by atoms with Crippen molar-refractivity contribution < 1.29 is 24.5 Å². The number of hydrogen-bond donors (Lipinski definition) is 4. The summed E-state index contributed by atoms with van der Waals surface area (Å²) in [6, 6.07) is 4.66. The van der Waals surface area contributed by atoms with Crippen LogP contribution in [0.15, 0.2) is 18.5 Å². The Bertz CT molecular complexity index is 936. The second-order valence-corrected chi connectivity index (χ2v) is 6.88. The number of nitrogens with one attached hydrogen (secondary N) is 1. The summed E-state index contributed by atoms with van der Waals surface area (Å²) in [6.07, 6.45) is -1.33. The van der Waals surface area contributed by atoms with Gasteiger partial charge in [0, 0.05) is 0 Å².